The third kappa shape index (κ3) is 4.12. The molecule has 1 aromatic carbocycles. The minimum absolute atomic E-state index is 0.126. The van der Waals surface area contributed by atoms with Crippen LogP contribution in [0.15, 0.2) is 24.3 Å². The van der Waals surface area contributed by atoms with Gasteiger partial charge in [-0.25, -0.2) is 9.78 Å². The number of imidazole rings is 1. The van der Waals surface area contributed by atoms with Crippen molar-refractivity contribution in [2.24, 2.45) is 0 Å². The van der Waals surface area contributed by atoms with E-state index in [9.17, 15) is 9.59 Å². The Morgan fingerprint density at radius 1 is 1.21 bits per heavy atom. The topological polar surface area (TPSA) is 109 Å². The van der Waals surface area contributed by atoms with Crippen LogP contribution in [0, 0.1) is 6.92 Å². The van der Waals surface area contributed by atoms with Crippen LogP contribution in [-0.2, 0) is 11.2 Å². The summed E-state index contributed by atoms with van der Waals surface area (Å²) in [5.74, 6) is -0.262. The number of methoxy groups -OCH3 is 2. The van der Waals surface area contributed by atoms with Crippen molar-refractivity contribution < 1.29 is 19.1 Å². The van der Waals surface area contributed by atoms with Crippen LogP contribution >= 0.6 is 11.6 Å². The van der Waals surface area contributed by atoms with Crippen LogP contribution < -0.4 is 10.1 Å². The van der Waals surface area contributed by atoms with Gasteiger partial charge in [0.2, 0.25) is 0 Å². The van der Waals surface area contributed by atoms with Gasteiger partial charge in [0.1, 0.15) is 5.75 Å². The van der Waals surface area contributed by atoms with E-state index in [0.717, 1.165) is 11.3 Å². The van der Waals surface area contributed by atoms with E-state index in [1.807, 2.05) is 6.92 Å². The monoisotopic (exact) mass is 416 g/mol. The summed E-state index contributed by atoms with van der Waals surface area (Å²) in [4.78, 5) is 34.4. The average molecular weight is 417 g/mol. The molecule has 0 radical (unpaired) electrons. The van der Waals surface area contributed by atoms with E-state index in [2.05, 4.69) is 20.3 Å². The molecule has 0 aliphatic heterocycles. The molecule has 0 fully saturated rings. The Kier molecular flexibility index (Phi) is 5.93. The van der Waals surface area contributed by atoms with Gasteiger partial charge in [0.05, 0.1) is 31.2 Å². The third-order valence-corrected chi connectivity index (χ3v) is 4.79. The largest absolute Gasteiger partial charge is 0.495 e. The van der Waals surface area contributed by atoms with Crippen molar-refractivity contribution in [3.63, 3.8) is 0 Å². The van der Waals surface area contributed by atoms with Gasteiger partial charge in [-0.15, -0.1) is 0 Å². The van der Waals surface area contributed by atoms with Crippen molar-refractivity contribution in [1.82, 2.24) is 15.0 Å². The van der Waals surface area contributed by atoms with Crippen LogP contribution in [-0.4, -0.2) is 41.0 Å². The standard InChI is InChI=1S/C20H21ClN4O4/c1-5-13-17(21)25-18(23-13)19(26)24-14-7-6-11(8-16(14)28-3)15-9-12(10(2)22-15)20(27)29-4/h6-9,22H,5H2,1-4H3,(H,23,25)(H,24,26). The van der Waals surface area contributed by atoms with E-state index in [1.54, 1.807) is 31.2 Å². The van der Waals surface area contributed by atoms with Gasteiger partial charge in [-0.2, -0.15) is 0 Å². The molecule has 0 atom stereocenters. The number of benzene rings is 1. The third-order valence-electron chi connectivity index (χ3n) is 4.48. The van der Waals surface area contributed by atoms with E-state index in [4.69, 9.17) is 21.1 Å². The molecule has 9 heteroatoms. The quantitative estimate of drug-likeness (QED) is 0.526. The Bertz CT molecular complexity index is 1070. The molecule has 2 heterocycles. The summed E-state index contributed by atoms with van der Waals surface area (Å²) in [6.45, 7) is 3.71. The van der Waals surface area contributed by atoms with E-state index in [1.165, 1.54) is 14.2 Å². The lowest BCUT2D eigenvalue weighted by Crippen LogP contribution is -2.14. The normalized spacial score (nSPS) is 10.7. The zero-order chi connectivity index (χ0) is 21.1. The Morgan fingerprint density at radius 3 is 2.59 bits per heavy atom. The second kappa shape index (κ2) is 8.40. The summed E-state index contributed by atoms with van der Waals surface area (Å²) in [5.41, 5.74) is 3.84. The summed E-state index contributed by atoms with van der Waals surface area (Å²) >= 11 is 6.00. The Labute approximate surface area is 172 Å². The average Bonchev–Trinajstić information content (AvgIpc) is 3.30. The fourth-order valence-corrected chi connectivity index (χ4v) is 3.17. The second-order valence-electron chi connectivity index (χ2n) is 6.29. The zero-order valence-corrected chi connectivity index (χ0v) is 17.2. The number of carbonyl (C=O) groups is 2. The Hall–Kier alpha value is -3.26. The van der Waals surface area contributed by atoms with Gasteiger partial charge < -0.3 is 24.8 Å². The van der Waals surface area contributed by atoms with E-state index < -0.39 is 11.9 Å². The highest BCUT2D eigenvalue weighted by Crippen LogP contribution is 2.32. The highest BCUT2D eigenvalue weighted by molar-refractivity contribution is 6.30. The number of aromatic amines is 2. The molecule has 3 N–H and O–H groups in total. The molecule has 0 aliphatic carbocycles. The van der Waals surface area contributed by atoms with Crippen LogP contribution in [0.2, 0.25) is 5.15 Å². The first-order valence-corrected chi connectivity index (χ1v) is 9.27. The van der Waals surface area contributed by atoms with Crippen LogP contribution in [0.4, 0.5) is 5.69 Å². The van der Waals surface area contributed by atoms with Gasteiger partial charge in [-0.1, -0.05) is 24.6 Å². The molecule has 8 nitrogen and oxygen atoms in total. The molecule has 0 saturated heterocycles. The van der Waals surface area contributed by atoms with E-state index in [0.29, 0.717) is 34.8 Å². The lowest BCUT2D eigenvalue weighted by Gasteiger charge is -2.11. The highest BCUT2D eigenvalue weighted by Gasteiger charge is 2.18. The fraction of sp³-hybridized carbons (Fsp3) is 0.250. The Balaban J connectivity index is 1.87. The summed E-state index contributed by atoms with van der Waals surface area (Å²) < 4.78 is 10.2. The smallest absolute Gasteiger partial charge is 0.339 e. The minimum atomic E-state index is -0.429. The lowest BCUT2D eigenvalue weighted by molar-refractivity contribution is 0.0600. The number of aryl methyl sites for hydroxylation is 2. The first kappa shape index (κ1) is 20.5. The predicted octanol–water partition coefficient (Wildman–Crippen LogP) is 3.98. The maximum atomic E-state index is 12.5. The van der Waals surface area contributed by atoms with Crippen molar-refractivity contribution in [3.8, 4) is 17.0 Å². The molecule has 0 unspecified atom stereocenters. The van der Waals surface area contributed by atoms with Crippen molar-refractivity contribution in [1.29, 1.82) is 0 Å². The number of anilines is 1. The van der Waals surface area contributed by atoms with Crippen molar-refractivity contribution >= 4 is 29.2 Å². The maximum Gasteiger partial charge on any atom is 0.339 e. The molecule has 0 aliphatic rings. The highest BCUT2D eigenvalue weighted by atomic mass is 35.5. The molecule has 3 aromatic rings. The van der Waals surface area contributed by atoms with Crippen LogP contribution in [0.1, 0.15) is 39.3 Å². The number of amides is 1. The number of ether oxygens (including phenoxy) is 2. The zero-order valence-electron chi connectivity index (χ0n) is 16.5. The molecular weight excluding hydrogens is 396 g/mol. The van der Waals surface area contributed by atoms with Crippen molar-refractivity contribution in [3.05, 3.63) is 52.2 Å². The molecule has 0 bridgehead atoms. The number of halogens is 1. The molecule has 0 spiro atoms. The summed E-state index contributed by atoms with van der Waals surface area (Å²) in [5, 5.41) is 3.05. The lowest BCUT2D eigenvalue weighted by atomic mass is 10.1. The first-order valence-electron chi connectivity index (χ1n) is 8.90. The van der Waals surface area contributed by atoms with Gasteiger partial charge in [-0.3, -0.25) is 4.79 Å². The minimum Gasteiger partial charge on any atom is -0.495 e. The molecule has 0 saturated carbocycles. The van der Waals surface area contributed by atoms with Crippen LogP contribution in [0.3, 0.4) is 0 Å². The number of esters is 1. The number of aromatic nitrogens is 3. The Morgan fingerprint density at radius 2 is 1.97 bits per heavy atom. The number of H-pyrrole nitrogens is 2. The number of carbonyl (C=O) groups excluding carboxylic acids is 2. The number of hydrogen-bond donors (Lipinski definition) is 3. The predicted molar refractivity (Wildman–Crippen MR) is 110 cm³/mol. The molecule has 1 amide bonds. The van der Waals surface area contributed by atoms with E-state index in [-0.39, 0.29) is 11.0 Å². The van der Waals surface area contributed by atoms with Crippen LogP contribution in [0.5, 0.6) is 5.75 Å². The molecule has 3 rings (SSSR count). The molecule has 152 valence electrons. The van der Waals surface area contributed by atoms with Gasteiger partial charge in [0, 0.05) is 17.0 Å². The van der Waals surface area contributed by atoms with Crippen molar-refractivity contribution in [2.75, 3.05) is 19.5 Å². The fourth-order valence-electron chi connectivity index (χ4n) is 2.91. The maximum absolute atomic E-state index is 12.5. The second-order valence-corrected chi connectivity index (χ2v) is 6.65. The van der Waals surface area contributed by atoms with Crippen molar-refractivity contribution in [2.45, 2.75) is 20.3 Å². The molecular formula is C20H21ClN4O4. The summed E-state index contributed by atoms with van der Waals surface area (Å²) in [7, 11) is 2.85. The molecule has 2 aromatic heterocycles. The molecule has 29 heavy (non-hydrogen) atoms. The van der Waals surface area contributed by atoms with Gasteiger partial charge >= 0.3 is 5.97 Å². The van der Waals surface area contributed by atoms with E-state index >= 15 is 0 Å². The first-order chi connectivity index (χ1) is 13.9. The van der Waals surface area contributed by atoms with Gasteiger partial charge in [0.25, 0.3) is 5.91 Å². The number of nitrogens with zero attached hydrogens (tertiary/aromatic N) is 1. The number of hydrogen-bond acceptors (Lipinski definition) is 5. The SMILES string of the molecule is CCc1[nH]c(C(=O)Nc2ccc(-c3cc(C(=O)OC)c(C)[nH]3)cc2OC)nc1Cl. The van der Waals surface area contributed by atoms with Crippen LogP contribution in [0.25, 0.3) is 11.3 Å². The van der Waals surface area contributed by atoms with Gasteiger partial charge in [0.15, 0.2) is 11.0 Å². The number of nitrogens with one attached hydrogen (secondary N) is 3. The summed E-state index contributed by atoms with van der Waals surface area (Å²) in [6, 6.07) is 6.99. The van der Waals surface area contributed by atoms with Gasteiger partial charge in [-0.05, 0) is 31.5 Å². The number of rotatable bonds is 6. The summed E-state index contributed by atoms with van der Waals surface area (Å²) in [6.07, 6.45) is 0.639.